The zero-order valence-corrected chi connectivity index (χ0v) is 10.2. The quantitative estimate of drug-likeness (QED) is 0.542. The Balaban J connectivity index is 1.92. The molecule has 0 unspecified atom stereocenters. The molecule has 1 aromatic carbocycles. The summed E-state index contributed by atoms with van der Waals surface area (Å²) in [7, 11) is 0. The van der Waals surface area contributed by atoms with Gasteiger partial charge in [0, 0.05) is 12.5 Å². The zero-order valence-electron chi connectivity index (χ0n) is 10.2. The van der Waals surface area contributed by atoms with Gasteiger partial charge in [-0.05, 0) is 23.8 Å². The van der Waals surface area contributed by atoms with Crippen LogP contribution in [0.3, 0.4) is 0 Å². The predicted molar refractivity (Wildman–Crippen MR) is 68.8 cm³/mol. The Labute approximate surface area is 112 Å². The largest absolute Gasteiger partial charge is 0.287 e. The number of pyridine rings is 1. The van der Waals surface area contributed by atoms with Crippen molar-refractivity contribution in [1.29, 1.82) is 0 Å². The molecule has 20 heavy (non-hydrogen) atoms. The summed E-state index contributed by atoms with van der Waals surface area (Å²) in [5.74, 6) is 0.226. The van der Waals surface area contributed by atoms with Gasteiger partial charge in [-0.3, -0.25) is 10.1 Å². The van der Waals surface area contributed by atoms with Crippen molar-refractivity contribution < 1.29 is 9.31 Å². The number of nitro groups is 1. The Bertz CT molecular complexity index is 783. The summed E-state index contributed by atoms with van der Waals surface area (Å²) in [6.07, 6.45) is 1.76. The smallest absolute Gasteiger partial charge is 0.258 e. The number of fused-ring (bicyclic) bond motifs is 1. The van der Waals surface area contributed by atoms with Crippen molar-refractivity contribution in [1.82, 2.24) is 14.6 Å². The van der Waals surface area contributed by atoms with Crippen molar-refractivity contribution in [2.24, 2.45) is 0 Å². The van der Waals surface area contributed by atoms with E-state index in [1.165, 1.54) is 28.9 Å². The third-order valence-electron chi connectivity index (χ3n) is 2.85. The van der Waals surface area contributed by atoms with Gasteiger partial charge in [-0.1, -0.05) is 12.1 Å². The molecule has 0 aliphatic heterocycles. The van der Waals surface area contributed by atoms with Crippen LogP contribution in [-0.2, 0) is 6.42 Å². The number of benzene rings is 1. The van der Waals surface area contributed by atoms with Crippen LogP contribution in [0.1, 0.15) is 11.4 Å². The van der Waals surface area contributed by atoms with Crippen LogP contribution in [0.15, 0.2) is 42.6 Å². The molecule has 3 rings (SSSR count). The molecule has 3 aromatic rings. The molecule has 7 heteroatoms. The van der Waals surface area contributed by atoms with E-state index in [0.717, 1.165) is 5.56 Å². The number of rotatable bonds is 3. The van der Waals surface area contributed by atoms with Gasteiger partial charge in [0.25, 0.3) is 5.69 Å². The lowest BCUT2D eigenvalue weighted by molar-refractivity contribution is -0.385. The molecule has 0 saturated heterocycles. The average Bonchev–Trinajstić information content (AvgIpc) is 2.82. The van der Waals surface area contributed by atoms with E-state index in [9.17, 15) is 14.5 Å². The van der Waals surface area contributed by atoms with Gasteiger partial charge in [-0.15, -0.1) is 0 Å². The molecule has 0 fully saturated rings. The summed E-state index contributed by atoms with van der Waals surface area (Å²) < 4.78 is 14.2. The van der Waals surface area contributed by atoms with Gasteiger partial charge in [-0.2, -0.15) is 5.10 Å². The zero-order chi connectivity index (χ0) is 14.1. The van der Waals surface area contributed by atoms with Crippen molar-refractivity contribution in [3.63, 3.8) is 0 Å². The topological polar surface area (TPSA) is 73.3 Å². The maximum absolute atomic E-state index is 12.8. The molecule has 2 aromatic heterocycles. The van der Waals surface area contributed by atoms with Crippen molar-refractivity contribution in [3.05, 3.63) is 69.9 Å². The molecule has 0 aliphatic carbocycles. The molecule has 0 amide bonds. The van der Waals surface area contributed by atoms with Gasteiger partial charge < -0.3 is 0 Å². The van der Waals surface area contributed by atoms with E-state index >= 15 is 0 Å². The Kier molecular flexibility index (Phi) is 2.86. The fourth-order valence-corrected chi connectivity index (χ4v) is 1.89. The number of hydrogen-bond donors (Lipinski definition) is 0. The Morgan fingerprint density at radius 3 is 2.65 bits per heavy atom. The second-order valence-corrected chi connectivity index (χ2v) is 4.28. The van der Waals surface area contributed by atoms with Gasteiger partial charge in [0.1, 0.15) is 12.0 Å². The minimum absolute atomic E-state index is 0.0456. The molecule has 0 saturated carbocycles. The number of aromatic nitrogens is 3. The fourth-order valence-electron chi connectivity index (χ4n) is 1.89. The van der Waals surface area contributed by atoms with Gasteiger partial charge in [0.15, 0.2) is 11.5 Å². The van der Waals surface area contributed by atoms with E-state index in [4.69, 9.17) is 0 Å². The highest BCUT2D eigenvalue weighted by Crippen LogP contribution is 2.13. The number of halogens is 1. The van der Waals surface area contributed by atoms with Gasteiger partial charge in [0.05, 0.1) is 4.92 Å². The first-order valence-corrected chi connectivity index (χ1v) is 5.86. The monoisotopic (exact) mass is 272 g/mol. The lowest BCUT2D eigenvalue weighted by atomic mass is 10.1. The van der Waals surface area contributed by atoms with Crippen molar-refractivity contribution in [2.75, 3.05) is 0 Å². The highest BCUT2D eigenvalue weighted by molar-refractivity contribution is 5.43. The highest BCUT2D eigenvalue weighted by atomic mass is 19.1. The number of hydrogen-bond acceptors (Lipinski definition) is 4. The minimum atomic E-state index is -0.485. The lowest BCUT2D eigenvalue weighted by Gasteiger charge is -1.96. The van der Waals surface area contributed by atoms with Gasteiger partial charge in [-0.25, -0.2) is 13.9 Å². The summed E-state index contributed by atoms with van der Waals surface area (Å²) in [5.41, 5.74) is 1.36. The van der Waals surface area contributed by atoms with Crippen LogP contribution < -0.4 is 0 Å². The van der Waals surface area contributed by atoms with Crippen molar-refractivity contribution in [3.8, 4) is 0 Å². The second-order valence-electron chi connectivity index (χ2n) is 4.28. The first-order valence-electron chi connectivity index (χ1n) is 5.86. The third-order valence-corrected chi connectivity index (χ3v) is 2.85. The first kappa shape index (κ1) is 12.2. The van der Waals surface area contributed by atoms with E-state index in [1.807, 2.05) is 0 Å². The molecule has 0 spiro atoms. The Morgan fingerprint density at radius 2 is 1.95 bits per heavy atom. The maximum atomic E-state index is 12.8. The van der Waals surface area contributed by atoms with Gasteiger partial charge in [0.2, 0.25) is 0 Å². The van der Waals surface area contributed by atoms with Crippen LogP contribution in [0.4, 0.5) is 10.1 Å². The Morgan fingerprint density at radius 1 is 1.20 bits per heavy atom. The average molecular weight is 272 g/mol. The van der Waals surface area contributed by atoms with Crippen LogP contribution in [0, 0.1) is 15.9 Å². The Hall–Kier alpha value is -2.83. The first-order chi connectivity index (χ1) is 9.61. The third kappa shape index (κ3) is 2.33. The summed E-state index contributed by atoms with van der Waals surface area (Å²) in [5, 5.41) is 14.9. The molecule has 0 bridgehead atoms. The van der Waals surface area contributed by atoms with E-state index in [0.29, 0.717) is 17.9 Å². The van der Waals surface area contributed by atoms with Crippen molar-refractivity contribution in [2.45, 2.75) is 6.42 Å². The maximum Gasteiger partial charge on any atom is 0.287 e. The fraction of sp³-hybridized carbons (Fsp3) is 0.0769. The molecular formula is C13H9FN4O2. The molecule has 0 atom stereocenters. The minimum Gasteiger partial charge on any atom is -0.258 e. The standard InChI is InChI=1S/C13H9FN4O2/c14-10-3-1-9(2-4-10)7-12-15-13-6-5-11(18(19)20)8-17(13)16-12/h1-6,8H,7H2. The second kappa shape index (κ2) is 4.69. The SMILES string of the molecule is O=[N+]([O-])c1ccc2nc(Cc3ccc(F)cc3)nn2c1. The molecule has 0 aliphatic rings. The molecular weight excluding hydrogens is 263 g/mol. The van der Waals surface area contributed by atoms with E-state index < -0.39 is 4.92 Å². The van der Waals surface area contributed by atoms with Crippen LogP contribution >= 0.6 is 0 Å². The lowest BCUT2D eigenvalue weighted by Crippen LogP contribution is -1.94. The van der Waals surface area contributed by atoms with E-state index in [1.54, 1.807) is 18.2 Å². The van der Waals surface area contributed by atoms with Crippen molar-refractivity contribution >= 4 is 11.3 Å². The molecule has 0 radical (unpaired) electrons. The molecule has 100 valence electrons. The van der Waals surface area contributed by atoms with Crippen LogP contribution in [0.5, 0.6) is 0 Å². The molecule has 2 heterocycles. The summed E-state index contributed by atoms with van der Waals surface area (Å²) in [6.45, 7) is 0. The number of nitrogens with zero attached hydrogens (tertiary/aromatic N) is 4. The summed E-state index contributed by atoms with van der Waals surface area (Å²) >= 11 is 0. The highest BCUT2D eigenvalue weighted by Gasteiger charge is 2.10. The summed E-state index contributed by atoms with van der Waals surface area (Å²) in [6, 6.07) is 8.98. The normalized spacial score (nSPS) is 10.8. The van der Waals surface area contributed by atoms with E-state index in [-0.39, 0.29) is 11.5 Å². The molecule has 0 N–H and O–H groups in total. The van der Waals surface area contributed by atoms with Crippen LogP contribution in [0.25, 0.3) is 5.65 Å². The predicted octanol–water partition coefficient (Wildman–Crippen LogP) is 2.37. The van der Waals surface area contributed by atoms with Gasteiger partial charge >= 0.3 is 0 Å². The van der Waals surface area contributed by atoms with Crippen LogP contribution in [-0.4, -0.2) is 19.5 Å². The summed E-state index contributed by atoms with van der Waals surface area (Å²) in [4.78, 5) is 14.5. The van der Waals surface area contributed by atoms with E-state index in [2.05, 4.69) is 10.1 Å². The molecule has 6 nitrogen and oxygen atoms in total. The van der Waals surface area contributed by atoms with Crippen LogP contribution in [0.2, 0.25) is 0 Å².